The smallest absolute Gasteiger partial charge is 0.0149 e. The molecule has 0 nitrogen and oxygen atoms in total. The molecule has 0 aromatic heterocycles. The summed E-state index contributed by atoms with van der Waals surface area (Å²) in [5.41, 5.74) is 16.6. The molecular formula is C39H40. The van der Waals surface area contributed by atoms with E-state index in [1.165, 1.54) is 79.6 Å². The zero-order valence-corrected chi connectivity index (χ0v) is 24.0. The first-order chi connectivity index (χ1) is 18.9. The van der Waals surface area contributed by atoms with Crippen molar-refractivity contribution in [2.75, 3.05) is 0 Å². The van der Waals surface area contributed by atoms with Gasteiger partial charge in [-0.1, -0.05) is 105 Å². The third kappa shape index (κ3) is 5.76. The Balaban J connectivity index is 1.58. The molecular weight excluding hydrogens is 468 g/mol. The third-order valence-electron chi connectivity index (χ3n) is 8.19. The zero-order chi connectivity index (χ0) is 27.5. The van der Waals surface area contributed by atoms with Gasteiger partial charge in [0, 0.05) is 0 Å². The minimum absolute atomic E-state index is 0.679. The van der Waals surface area contributed by atoms with Gasteiger partial charge in [-0.15, -0.1) is 0 Å². The van der Waals surface area contributed by atoms with Crippen LogP contribution in [0.5, 0.6) is 0 Å². The lowest BCUT2D eigenvalue weighted by Gasteiger charge is -2.18. The van der Waals surface area contributed by atoms with E-state index < -0.39 is 0 Å². The van der Waals surface area contributed by atoms with Crippen LogP contribution in [0, 0.1) is 0 Å². The molecule has 0 spiro atoms. The molecule has 1 aliphatic rings. The van der Waals surface area contributed by atoms with Gasteiger partial charge in [0.05, 0.1) is 0 Å². The van der Waals surface area contributed by atoms with Gasteiger partial charge in [-0.25, -0.2) is 0 Å². The van der Waals surface area contributed by atoms with Crippen LogP contribution in [0.1, 0.15) is 87.1 Å². The van der Waals surface area contributed by atoms with E-state index in [2.05, 4.69) is 132 Å². The van der Waals surface area contributed by atoms with Crippen molar-refractivity contribution in [2.45, 2.75) is 59.3 Å². The van der Waals surface area contributed by atoms with Crippen LogP contribution in [-0.4, -0.2) is 0 Å². The number of rotatable bonds is 9. The second kappa shape index (κ2) is 11.5. The Morgan fingerprint density at radius 2 is 1.23 bits per heavy atom. The first kappa shape index (κ1) is 26.7. The van der Waals surface area contributed by atoms with Crippen molar-refractivity contribution in [1.29, 1.82) is 0 Å². The highest BCUT2D eigenvalue weighted by Crippen LogP contribution is 2.45. The summed E-state index contributed by atoms with van der Waals surface area (Å²) in [7, 11) is 0. The van der Waals surface area contributed by atoms with Gasteiger partial charge in [0.1, 0.15) is 0 Å². The fourth-order valence-electron chi connectivity index (χ4n) is 5.61. The van der Waals surface area contributed by atoms with Crippen molar-refractivity contribution in [1.82, 2.24) is 0 Å². The van der Waals surface area contributed by atoms with E-state index >= 15 is 0 Å². The van der Waals surface area contributed by atoms with Crippen LogP contribution < -0.4 is 0 Å². The van der Waals surface area contributed by atoms with Crippen LogP contribution in [0.2, 0.25) is 0 Å². The average Bonchev–Trinajstić information content (AvgIpc) is 3.82. The molecule has 0 heteroatoms. The van der Waals surface area contributed by atoms with Gasteiger partial charge in [-0.05, 0) is 131 Å². The molecule has 0 saturated heterocycles. The van der Waals surface area contributed by atoms with Crippen LogP contribution in [0.4, 0.5) is 0 Å². The molecule has 196 valence electrons. The molecule has 39 heavy (non-hydrogen) atoms. The molecule has 1 aliphatic carbocycles. The maximum atomic E-state index is 4.42. The molecule has 1 fully saturated rings. The summed E-state index contributed by atoms with van der Waals surface area (Å²) in [5, 5.41) is 0. The topological polar surface area (TPSA) is 0 Å². The predicted molar refractivity (Wildman–Crippen MR) is 173 cm³/mol. The number of hydrogen-bond donors (Lipinski definition) is 0. The Morgan fingerprint density at radius 1 is 0.641 bits per heavy atom. The second-order valence-corrected chi connectivity index (χ2v) is 11.2. The van der Waals surface area contributed by atoms with Gasteiger partial charge < -0.3 is 0 Å². The molecule has 0 aliphatic heterocycles. The number of hydrogen-bond acceptors (Lipinski definition) is 0. The highest BCUT2D eigenvalue weighted by Gasteiger charge is 2.27. The Morgan fingerprint density at radius 3 is 1.87 bits per heavy atom. The average molecular weight is 509 g/mol. The minimum atomic E-state index is 0.679. The molecule has 5 rings (SSSR count). The van der Waals surface area contributed by atoms with Crippen LogP contribution in [0.25, 0.3) is 44.5 Å². The molecule has 4 aromatic rings. The minimum Gasteiger partial charge on any atom is -0.0955 e. The molecule has 0 unspecified atom stereocenters. The standard InChI is InChI=1S/C39H40/c1-7-12-27(4)36-17-8-9-18-37(36)28(5)29(6)39-25-35(21-22-38(39)30-19-20-30)34-16-11-15-33(24-34)32-14-10-13-31(23-32)26(2)3/h8-11,13-18,21-25,30H,2,4,7,12,19-20H2,1,3,5-6H3/b29-28+. The van der Waals surface area contributed by atoms with Gasteiger partial charge in [-0.2, -0.15) is 0 Å². The quantitative estimate of drug-likeness (QED) is 0.197. The van der Waals surface area contributed by atoms with Crippen molar-refractivity contribution >= 4 is 22.3 Å². The summed E-state index contributed by atoms with van der Waals surface area (Å²) >= 11 is 0. The Bertz CT molecular complexity index is 1570. The van der Waals surface area contributed by atoms with Gasteiger partial charge in [-0.3, -0.25) is 0 Å². The fourth-order valence-corrected chi connectivity index (χ4v) is 5.61. The third-order valence-corrected chi connectivity index (χ3v) is 8.19. The van der Waals surface area contributed by atoms with Gasteiger partial charge in [0.25, 0.3) is 0 Å². The van der Waals surface area contributed by atoms with E-state index in [0.717, 1.165) is 18.4 Å². The fraction of sp³-hybridized carbons (Fsp3) is 0.231. The summed E-state index contributed by atoms with van der Waals surface area (Å²) in [6.07, 6.45) is 4.71. The summed E-state index contributed by atoms with van der Waals surface area (Å²) in [5.74, 6) is 0.679. The summed E-state index contributed by atoms with van der Waals surface area (Å²) in [6.45, 7) is 17.4. The van der Waals surface area contributed by atoms with Gasteiger partial charge in [0.15, 0.2) is 0 Å². The lowest BCUT2D eigenvalue weighted by molar-refractivity contribution is 0.975. The Labute approximate surface area is 235 Å². The molecule has 0 bridgehead atoms. The molecule has 0 radical (unpaired) electrons. The first-order valence-electron chi connectivity index (χ1n) is 14.3. The molecule has 4 aromatic carbocycles. The Hall–Kier alpha value is -3.90. The van der Waals surface area contributed by atoms with Crippen molar-refractivity contribution in [3.8, 4) is 22.3 Å². The normalized spacial score (nSPS) is 13.6. The van der Waals surface area contributed by atoms with E-state index in [0.29, 0.717) is 5.92 Å². The zero-order valence-electron chi connectivity index (χ0n) is 24.0. The highest BCUT2D eigenvalue weighted by atomic mass is 14.3. The number of benzene rings is 4. The molecule has 0 atom stereocenters. The summed E-state index contributed by atoms with van der Waals surface area (Å²) in [4.78, 5) is 0. The van der Waals surface area contributed by atoms with Crippen molar-refractivity contribution < 1.29 is 0 Å². The van der Waals surface area contributed by atoms with Crippen molar-refractivity contribution in [3.05, 3.63) is 132 Å². The summed E-state index contributed by atoms with van der Waals surface area (Å²) in [6, 6.07) is 33.5. The highest BCUT2D eigenvalue weighted by molar-refractivity contribution is 5.94. The van der Waals surface area contributed by atoms with E-state index in [9.17, 15) is 0 Å². The molecule has 0 N–H and O–H groups in total. The van der Waals surface area contributed by atoms with E-state index in [-0.39, 0.29) is 0 Å². The van der Waals surface area contributed by atoms with E-state index in [4.69, 9.17) is 0 Å². The molecule has 0 heterocycles. The maximum absolute atomic E-state index is 4.42. The maximum Gasteiger partial charge on any atom is -0.0149 e. The van der Waals surface area contributed by atoms with Gasteiger partial charge >= 0.3 is 0 Å². The van der Waals surface area contributed by atoms with Crippen molar-refractivity contribution in [2.24, 2.45) is 0 Å². The SMILES string of the molecule is C=C(C)c1cccc(-c2cccc(-c3ccc(C4CC4)c(/C(C)=C(\C)c4ccccc4C(=C)CCC)c3)c2)c1. The lowest BCUT2D eigenvalue weighted by atomic mass is 9.86. The van der Waals surface area contributed by atoms with Crippen LogP contribution in [-0.2, 0) is 0 Å². The van der Waals surface area contributed by atoms with Crippen molar-refractivity contribution in [3.63, 3.8) is 0 Å². The lowest BCUT2D eigenvalue weighted by Crippen LogP contribution is -1.97. The monoisotopic (exact) mass is 508 g/mol. The Kier molecular flexibility index (Phi) is 7.84. The predicted octanol–water partition coefficient (Wildman–Crippen LogP) is 11.7. The molecule has 1 saturated carbocycles. The van der Waals surface area contributed by atoms with E-state index in [1.54, 1.807) is 0 Å². The number of allylic oxidation sites excluding steroid dienone is 4. The van der Waals surface area contributed by atoms with Gasteiger partial charge in [0.2, 0.25) is 0 Å². The van der Waals surface area contributed by atoms with E-state index in [1.807, 2.05) is 0 Å². The summed E-state index contributed by atoms with van der Waals surface area (Å²) < 4.78 is 0. The van der Waals surface area contributed by atoms with Crippen LogP contribution in [0.15, 0.2) is 104 Å². The largest absolute Gasteiger partial charge is 0.0955 e. The van der Waals surface area contributed by atoms with Crippen LogP contribution >= 0.6 is 0 Å². The molecule has 0 amide bonds. The first-order valence-corrected chi connectivity index (χ1v) is 14.3. The second-order valence-electron chi connectivity index (χ2n) is 11.2. The van der Waals surface area contributed by atoms with Crippen LogP contribution in [0.3, 0.4) is 0 Å².